The number of hydrogen-bond acceptors (Lipinski definition) is 3. The molecule has 2 aliphatic rings. The Morgan fingerprint density at radius 1 is 1.29 bits per heavy atom. The largest absolute Gasteiger partial charge is 0.481 e. The van der Waals surface area contributed by atoms with Gasteiger partial charge in [0.1, 0.15) is 5.82 Å². The summed E-state index contributed by atoms with van der Waals surface area (Å²) in [5.41, 5.74) is 0.0371. The summed E-state index contributed by atoms with van der Waals surface area (Å²) in [7, 11) is 0. The van der Waals surface area contributed by atoms with E-state index in [-0.39, 0.29) is 5.69 Å². The summed E-state index contributed by atoms with van der Waals surface area (Å²) >= 11 is 3.13. The zero-order valence-electron chi connectivity index (χ0n) is 10.9. The van der Waals surface area contributed by atoms with E-state index in [1.807, 2.05) is 0 Å². The Balaban J connectivity index is 1.80. The van der Waals surface area contributed by atoms with Crippen LogP contribution in [-0.4, -0.2) is 29.2 Å². The van der Waals surface area contributed by atoms with Crippen molar-refractivity contribution >= 4 is 33.5 Å². The van der Waals surface area contributed by atoms with Crippen molar-refractivity contribution in [3.05, 3.63) is 28.5 Å². The number of anilines is 1. The summed E-state index contributed by atoms with van der Waals surface area (Å²) in [6, 6.07) is 4.27. The Morgan fingerprint density at radius 2 is 1.95 bits per heavy atom. The van der Waals surface area contributed by atoms with Crippen LogP contribution in [0.5, 0.6) is 0 Å². The third-order valence-electron chi connectivity index (χ3n) is 4.05. The fourth-order valence-corrected chi connectivity index (χ4v) is 3.46. The molecule has 2 bridgehead atoms. The van der Waals surface area contributed by atoms with Gasteiger partial charge in [0, 0.05) is 4.47 Å². The van der Waals surface area contributed by atoms with Crippen molar-refractivity contribution in [3.8, 4) is 0 Å². The van der Waals surface area contributed by atoms with Crippen LogP contribution < -0.4 is 5.32 Å². The molecule has 0 saturated carbocycles. The second kappa shape index (κ2) is 5.38. The SMILES string of the molecule is O=C(O)[C@@H]1[C@H](C(=O)Nc2ccc(Br)cc2F)[C@@H]2CC[C@H]1O2. The number of carbonyl (C=O) groups excluding carboxylic acids is 1. The third-order valence-corrected chi connectivity index (χ3v) is 4.54. The van der Waals surface area contributed by atoms with Crippen molar-refractivity contribution in [1.29, 1.82) is 0 Å². The van der Waals surface area contributed by atoms with Crippen LogP contribution in [0, 0.1) is 17.7 Å². The van der Waals surface area contributed by atoms with E-state index < -0.39 is 41.7 Å². The fourth-order valence-electron chi connectivity index (χ4n) is 3.13. The molecule has 7 heteroatoms. The Bertz CT molecular complexity index is 609. The highest BCUT2D eigenvalue weighted by atomic mass is 79.9. The number of ether oxygens (including phenoxy) is 1. The van der Waals surface area contributed by atoms with Gasteiger partial charge in [-0.2, -0.15) is 0 Å². The second-order valence-electron chi connectivity index (χ2n) is 5.29. The number of carbonyl (C=O) groups is 2. The lowest BCUT2D eigenvalue weighted by molar-refractivity contribution is -0.147. The first-order chi connectivity index (χ1) is 9.97. The van der Waals surface area contributed by atoms with Gasteiger partial charge in [0.2, 0.25) is 5.91 Å². The highest BCUT2D eigenvalue weighted by molar-refractivity contribution is 9.10. The van der Waals surface area contributed by atoms with Crippen LogP contribution in [-0.2, 0) is 14.3 Å². The number of carboxylic acids is 1. The van der Waals surface area contributed by atoms with Gasteiger partial charge in [-0.3, -0.25) is 9.59 Å². The van der Waals surface area contributed by atoms with E-state index in [1.165, 1.54) is 12.1 Å². The first-order valence-electron chi connectivity index (χ1n) is 6.61. The van der Waals surface area contributed by atoms with E-state index in [4.69, 9.17) is 4.74 Å². The molecule has 112 valence electrons. The van der Waals surface area contributed by atoms with Crippen molar-refractivity contribution in [2.24, 2.45) is 11.8 Å². The van der Waals surface area contributed by atoms with E-state index in [2.05, 4.69) is 21.2 Å². The first-order valence-corrected chi connectivity index (χ1v) is 7.41. The zero-order chi connectivity index (χ0) is 15.1. The molecule has 0 aromatic heterocycles. The minimum Gasteiger partial charge on any atom is -0.481 e. The maximum atomic E-state index is 13.7. The van der Waals surface area contributed by atoms with Crippen molar-refractivity contribution in [2.45, 2.75) is 25.0 Å². The molecule has 3 rings (SSSR count). The van der Waals surface area contributed by atoms with E-state index in [0.29, 0.717) is 17.3 Å². The minimum atomic E-state index is -1.04. The molecule has 1 amide bonds. The van der Waals surface area contributed by atoms with Gasteiger partial charge < -0.3 is 15.2 Å². The van der Waals surface area contributed by atoms with Crippen LogP contribution in [0.1, 0.15) is 12.8 Å². The molecule has 0 aliphatic carbocycles. The molecule has 5 nitrogen and oxygen atoms in total. The molecule has 21 heavy (non-hydrogen) atoms. The highest BCUT2D eigenvalue weighted by Gasteiger charge is 2.55. The van der Waals surface area contributed by atoms with Crippen LogP contribution in [0.25, 0.3) is 0 Å². The molecule has 4 atom stereocenters. The lowest BCUT2D eigenvalue weighted by Gasteiger charge is -2.23. The van der Waals surface area contributed by atoms with Gasteiger partial charge >= 0.3 is 5.97 Å². The molecule has 0 spiro atoms. The van der Waals surface area contributed by atoms with Gasteiger partial charge in [0.05, 0.1) is 29.7 Å². The fraction of sp³-hybridized carbons (Fsp3) is 0.429. The maximum absolute atomic E-state index is 13.7. The standard InChI is InChI=1S/C14H13BrFNO4/c15-6-1-2-8(7(16)5-6)17-13(18)11-9-3-4-10(21-9)12(11)14(19)20/h1-2,5,9-12H,3-4H2,(H,17,18)(H,19,20)/t9-,10+,11+,12-/m0/s1. The molecule has 2 fully saturated rings. The second-order valence-corrected chi connectivity index (χ2v) is 6.21. The summed E-state index contributed by atoms with van der Waals surface area (Å²) < 4.78 is 19.8. The quantitative estimate of drug-likeness (QED) is 0.870. The Morgan fingerprint density at radius 3 is 2.57 bits per heavy atom. The first kappa shape index (κ1) is 14.5. The predicted molar refractivity (Wildman–Crippen MR) is 75.2 cm³/mol. The third kappa shape index (κ3) is 2.55. The van der Waals surface area contributed by atoms with Crippen molar-refractivity contribution in [1.82, 2.24) is 0 Å². The normalized spacial score (nSPS) is 30.4. The van der Waals surface area contributed by atoms with Gasteiger partial charge in [0.15, 0.2) is 0 Å². The molecule has 1 aromatic rings. The average Bonchev–Trinajstić information content (AvgIpc) is 3.02. The summed E-state index contributed by atoms with van der Waals surface area (Å²) in [4.78, 5) is 23.7. The van der Waals surface area contributed by atoms with Gasteiger partial charge in [-0.05, 0) is 31.0 Å². The van der Waals surface area contributed by atoms with Crippen LogP contribution >= 0.6 is 15.9 Å². The molecule has 2 aliphatic heterocycles. The Hall–Kier alpha value is -1.47. The molecule has 2 N–H and O–H groups in total. The number of benzene rings is 1. The maximum Gasteiger partial charge on any atom is 0.310 e. The van der Waals surface area contributed by atoms with Crippen LogP contribution in [0.3, 0.4) is 0 Å². The number of nitrogens with one attached hydrogen (secondary N) is 1. The highest BCUT2D eigenvalue weighted by Crippen LogP contribution is 2.44. The molecular formula is C14H13BrFNO4. The van der Waals surface area contributed by atoms with Crippen molar-refractivity contribution in [2.75, 3.05) is 5.32 Å². The number of amides is 1. The van der Waals surface area contributed by atoms with Crippen LogP contribution in [0.15, 0.2) is 22.7 Å². The molecule has 1 aromatic carbocycles. The zero-order valence-corrected chi connectivity index (χ0v) is 12.5. The van der Waals surface area contributed by atoms with Gasteiger partial charge in [0.25, 0.3) is 0 Å². The monoisotopic (exact) mass is 357 g/mol. The molecular weight excluding hydrogens is 345 g/mol. The van der Waals surface area contributed by atoms with E-state index in [1.54, 1.807) is 6.07 Å². The van der Waals surface area contributed by atoms with E-state index in [0.717, 1.165) is 0 Å². The van der Waals surface area contributed by atoms with E-state index >= 15 is 0 Å². The molecule has 2 saturated heterocycles. The summed E-state index contributed by atoms with van der Waals surface area (Å²) in [6.45, 7) is 0. The average molecular weight is 358 g/mol. The lowest BCUT2D eigenvalue weighted by Crippen LogP contribution is -2.41. The number of carboxylic acid groups (broad SMARTS) is 1. The lowest BCUT2D eigenvalue weighted by atomic mass is 9.78. The summed E-state index contributed by atoms with van der Waals surface area (Å²) in [6.07, 6.45) is 0.501. The number of fused-ring (bicyclic) bond motifs is 2. The predicted octanol–water partition coefficient (Wildman–Crippen LogP) is 2.40. The number of hydrogen-bond donors (Lipinski definition) is 2. The van der Waals surface area contributed by atoms with Crippen molar-refractivity contribution < 1.29 is 23.8 Å². The summed E-state index contributed by atoms with van der Waals surface area (Å²) in [5.74, 6) is -3.75. The number of halogens is 2. The molecule has 2 heterocycles. The Kier molecular flexibility index (Phi) is 3.71. The molecule has 0 radical (unpaired) electrons. The number of aliphatic carboxylic acids is 1. The molecule has 0 unspecified atom stereocenters. The van der Waals surface area contributed by atoms with Gasteiger partial charge in [-0.15, -0.1) is 0 Å². The van der Waals surface area contributed by atoms with Gasteiger partial charge in [-0.25, -0.2) is 4.39 Å². The van der Waals surface area contributed by atoms with E-state index in [9.17, 15) is 19.1 Å². The Labute approximate surface area is 128 Å². The van der Waals surface area contributed by atoms with Crippen LogP contribution in [0.2, 0.25) is 0 Å². The van der Waals surface area contributed by atoms with Crippen molar-refractivity contribution in [3.63, 3.8) is 0 Å². The number of rotatable bonds is 3. The topological polar surface area (TPSA) is 75.6 Å². The minimum absolute atomic E-state index is 0.0371. The van der Waals surface area contributed by atoms with Gasteiger partial charge in [-0.1, -0.05) is 15.9 Å². The summed E-state index contributed by atoms with van der Waals surface area (Å²) in [5, 5.41) is 11.7. The smallest absolute Gasteiger partial charge is 0.310 e. The van der Waals surface area contributed by atoms with Crippen LogP contribution in [0.4, 0.5) is 10.1 Å².